The average Bonchev–Trinajstić information content (AvgIpc) is 2.46. The zero-order chi connectivity index (χ0) is 9.42. The molecule has 0 atom stereocenters. The first kappa shape index (κ1) is 8.53. The van der Waals surface area contributed by atoms with Crippen LogP contribution in [0, 0.1) is 0 Å². The van der Waals surface area contributed by atoms with Gasteiger partial charge in [0.1, 0.15) is 11.3 Å². The maximum atomic E-state index is 10.8. The van der Waals surface area contributed by atoms with Crippen molar-refractivity contribution < 1.29 is 4.79 Å². The van der Waals surface area contributed by atoms with Crippen molar-refractivity contribution in [2.24, 2.45) is 0 Å². The fourth-order valence-electron chi connectivity index (χ4n) is 1.09. The quantitative estimate of drug-likeness (QED) is 0.743. The van der Waals surface area contributed by atoms with Gasteiger partial charge in [0.05, 0.1) is 5.02 Å². The molecule has 5 heteroatoms. The van der Waals surface area contributed by atoms with E-state index < -0.39 is 5.24 Å². The van der Waals surface area contributed by atoms with E-state index in [9.17, 15) is 4.79 Å². The fourth-order valence-corrected chi connectivity index (χ4v) is 1.36. The van der Waals surface area contributed by atoms with E-state index >= 15 is 0 Å². The minimum absolute atomic E-state index is 0.325. The van der Waals surface area contributed by atoms with Gasteiger partial charge in [-0.15, -0.1) is 0 Å². The van der Waals surface area contributed by atoms with Crippen molar-refractivity contribution in [3.8, 4) is 0 Å². The van der Waals surface area contributed by atoms with Gasteiger partial charge < -0.3 is 4.98 Å². The van der Waals surface area contributed by atoms with E-state index in [0.29, 0.717) is 16.4 Å². The van der Waals surface area contributed by atoms with E-state index in [-0.39, 0.29) is 0 Å². The van der Waals surface area contributed by atoms with Crippen LogP contribution in [0.1, 0.15) is 10.5 Å². The van der Waals surface area contributed by atoms with Gasteiger partial charge in [0, 0.05) is 11.6 Å². The lowest BCUT2D eigenvalue weighted by Gasteiger charge is -1.87. The van der Waals surface area contributed by atoms with Gasteiger partial charge in [0.25, 0.3) is 5.24 Å². The number of hydrogen-bond donors (Lipinski definition) is 1. The summed E-state index contributed by atoms with van der Waals surface area (Å²) in [6.07, 6.45) is 1.50. The monoisotopic (exact) mass is 214 g/mol. The summed E-state index contributed by atoms with van der Waals surface area (Å²) < 4.78 is 0. The van der Waals surface area contributed by atoms with Crippen molar-refractivity contribution in [3.63, 3.8) is 0 Å². The van der Waals surface area contributed by atoms with Crippen molar-refractivity contribution in [2.45, 2.75) is 0 Å². The number of carbonyl (C=O) groups is 1. The number of aromatic amines is 1. The Morgan fingerprint density at radius 2 is 2.23 bits per heavy atom. The van der Waals surface area contributed by atoms with E-state index in [1.807, 2.05) is 0 Å². The highest BCUT2D eigenvalue weighted by atomic mass is 35.5. The Kier molecular flexibility index (Phi) is 1.98. The third kappa shape index (κ3) is 1.53. The molecule has 2 heterocycles. The predicted molar refractivity (Wildman–Crippen MR) is 51.3 cm³/mol. The van der Waals surface area contributed by atoms with Gasteiger partial charge in [-0.2, -0.15) is 0 Å². The number of nitrogens with one attached hydrogen (secondary N) is 1. The summed E-state index contributed by atoms with van der Waals surface area (Å²) in [5.41, 5.74) is 0.930. The highest BCUT2D eigenvalue weighted by Crippen LogP contribution is 2.18. The molecule has 3 nitrogen and oxygen atoms in total. The van der Waals surface area contributed by atoms with Gasteiger partial charge in [0.2, 0.25) is 0 Å². The van der Waals surface area contributed by atoms with E-state index in [2.05, 4.69) is 9.97 Å². The molecule has 0 aliphatic rings. The molecule has 13 heavy (non-hydrogen) atoms. The minimum atomic E-state index is -0.533. The third-order valence-corrected chi connectivity index (χ3v) is 2.06. The Hall–Kier alpha value is -1.06. The molecule has 1 N–H and O–H groups in total. The first-order chi connectivity index (χ1) is 6.16. The van der Waals surface area contributed by atoms with Crippen LogP contribution in [-0.2, 0) is 0 Å². The second-order valence-electron chi connectivity index (χ2n) is 2.55. The number of fused-ring (bicyclic) bond motifs is 1. The number of aromatic nitrogens is 2. The molecular weight excluding hydrogens is 211 g/mol. The number of pyridine rings is 1. The maximum Gasteiger partial charge on any atom is 0.268 e. The number of H-pyrrole nitrogens is 1. The molecule has 2 aromatic heterocycles. The molecule has 0 saturated heterocycles. The summed E-state index contributed by atoms with van der Waals surface area (Å²) in [4.78, 5) is 17.5. The van der Waals surface area contributed by atoms with Crippen molar-refractivity contribution >= 4 is 39.5 Å². The topological polar surface area (TPSA) is 45.8 Å². The van der Waals surface area contributed by atoms with Crippen LogP contribution in [0.3, 0.4) is 0 Å². The van der Waals surface area contributed by atoms with E-state index in [1.165, 1.54) is 6.20 Å². The van der Waals surface area contributed by atoms with Crippen LogP contribution in [0.15, 0.2) is 18.3 Å². The lowest BCUT2D eigenvalue weighted by molar-refractivity contribution is 0.107. The third-order valence-electron chi connectivity index (χ3n) is 1.65. The first-order valence-electron chi connectivity index (χ1n) is 3.51. The number of rotatable bonds is 1. The molecule has 0 bridgehead atoms. The van der Waals surface area contributed by atoms with Gasteiger partial charge in [-0.3, -0.25) is 4.79 Å². The number of carbonyl (C=O) groups excluding carboxylic acids is 1. The lowest BCUT2D eigenvalue weighted by Crippen LogP contribution is -1.86. The molecule has 0 saturated carbocycles. The summed E-state index contributed by atoms with van der Waals surface area (Å²) >= 11 is 11.0. The summed E-state index contributed by atoms with van der Waals surface area (Å²) in [7, 11) is 0. The average molecular weight is 215 g/mol. The normalized spacial score (nSPS) is 10.6. The Labute approximate surface area is 83.7 Å². The van der Waals surface area contributed by atoms with Crippen molar-refractivity contribution in [2.75, 3.05) is 0 Å². The molecule has 0 fully saturated rings. The maximum absolute atomic E-state index is 10.8. The van der Waals surface area contributed by atoms with Gasteiger partial charge in [-0.1, -0.05) is 11.6 Å². The molecule has 66 valence electrons. The molecule has 0 radical (unpaired) electrons. The zero-order valence-corrected chi connectivity index (χ0v) is 7.86. The number of halogens is 2. The van der Waals surface area contributed by atoms with Crippen LogP contribution < -0.4 is 0 Å². The lowest BCUT2D eigenvalue weighted by atomic mass is 10.3. The largest absolute Gasteiger partial charge is 0.336 e. The van der Waals surface area contributed by atoms with Crippen LogP contribution in [0.4, 0.5) is 0 Å². The van der Waals surface area contributed by atoms with Gasteiger partial charge in [-0.25, -0.2) is 4.98 Å². The van der Waals surface area contributed by atoms with Crippen molar-refractivity contribution in [3.05, 3.63) is 29.0 Å². The SMILES string of the molecule is O=C(Cl)c1cc2cc(Cl)cnc2[nH]1. The second-order valence-corrected chi connectivity index (χ2v) is 3.33. The predicted octanol–water partition coefficient (Wildman–Crippen LogP) is 2.60. The second kappa shape index (κ2) is 3.01. The van der Waals surface area contributed by atoms with E-state index in [4.69, 9.17) is 23.2 Å². The van der Waals surface area contributed by atoms with Gasteiger partial charge in [0.15, 0.2) is 0 Å². The Bertz CT molecular complexity index is 478. The van der Waals surface area contributed by atoms with Crippen LogP contribution in [0.25, 0.3) is 11.0 Å². The Morgan fingerprint density at radius 1 is 1.46 bits per heavy atom. The molecule has 0 unspecified atom stereocenters. The molecular formula is C8H4Cl2N2O. The van der Waals surface area contributed by atoms with Gasteiger partial charge >= 0.3 is 0 Å². The highest BCUT2D eigenvalue weighted by Gasteiger charge is 2.06. The summed E-state index contributed by atoms with van der Waals surface area (Å²) in [5.74, 6) is 0. The fraction of sp³-hybridized carbons (Fsp3) is 0. The molecule has 0 spiro atoms. The van der Waals surface area contributed by atoms with Crippen LogP contribution >= 0.6 is 23.2 Å². The Morgan fingerprint density at radius 3 is 2.92 bits per heavy atom. The van der Waals surface area contributed by atoms with Crippen molar-refractivity contribution in [1.29, 1.82) is 0 Å². The van der Waals surface area contributed by atoms with E-state index in [1.54, 1.807) is 12.1 Å². The number of nitrogens with zero attached hydrogens (tertiary/aromatic N) is 1. The van der Waals surface area contributed by atoms with Gasteiger partial charge in [-0.05, 0) is 23.7 Å². The van der Waals surface area contributed by atoms with Crippen LogP contribution in [-0.4, -0.2) is 15.2 Å². The molecule has 0 aliphatic carbocycles. The summed E-state index contributed by atoms with van der Waals surface area (Å²) in [6, 6.07) is 3.33. The molecule has 0 aliphatic heterocycles. The Balaban J connectivity index is 2.68. The summed E-state index contributed by atoms with van der Waals surface area (Å²) in [5, 5.41) is 0.769. The van der Waals surface area contributed by atoms with Crippen LogP contribution in [0.5, 0.6) is 0 Å². The molecule has 0 amide bonds. The summed E-state index contributed by atoms with van der Waals surface area (Å²) in [6.45, 7) is 0. The molecule has 0 aromatic carbocycles. The van der Waals surface area contributed by atoms with Crippen LogP contribution in [0.2, 0.25) is 5.02 Å². The molecule has 2 rings (SSSR count). The smallest absolute Gasteiger partial charge is 0.268 e. The first-order valence-corrected chi connectivity index (χ1v) is 4.26. The zero-order valence-electron chi connectivity index (χ0n) is 6.34. The number of hydrogen-bond acceptors (Lipinski definition) is 2. The molecule has 2 aromatic rings. The van der Waals surface area contributed by atoms with E-state index in [0.717, 1.165) is 5.39 Å². The standard InChI is InChI=1S/C8H4Cl2N2O/c9-5-1-4-2-6(7(10)13)12-8(4)11-3-5/h1-3H,(H,11,12). The minimum Gasteiger partial charge on any atom is -0.336 e. The van der Waals surface area contributed by atoms with Crippen molar-refractivity contribution in [1.82, 2.24) is 9.97 Å². The highest BCUT2D eigenvalue weighted by molar-refractivity contribution is 6.67.